The number of nitrogens with zero attached hydrogens (tertiary/aromatic N) is 3. The van der Waals surface area contributed by atoms with Gasteiger partial charge in [0, 0.05) is 37.4 Å². The van der Waals surface area contributed by atoms with Crippen LogP contribution in [0.1, 0.15) is 44.0 Å². The summed E-state index contributed by atoms with van der Waals surface area (Å²) >= 11 is 0. The van der Waals surface area contributed by atoms with Crippen molar-refractivity contribution in [3.8, 4) is 0 Å². The molecule has 1 aromatic carbocycles. The number of benzene rings is 1. The first kappa shape index (κ1) is 25.6. The minimum absolute atomic E-state index is 0.0323. The van der Waals surface area contributed by atoms with Crippen LogP contribution in [0.3, 0.4) is 0 Å². The van der Waals surface area contributed by atoms with Crippen LogP contribution in [0.2, 0.25) is 0 Å². The first-order valence-electron chi connectivity index (χ1n) is 12.8. The number of ketones is 1. The first-order chi connectivity index (χ1) is 16.8. The van der Waals surface area contributed by atoms with Gasteiger partial charge in [-0.25, -0.2) is 0 Å². The van der Waals surface area contributed by atoms with Crippen molar-refractivity contribution in [2.24, 2.45) is 5.92 Å². The Kier molecular flexibility index (Phi) is 8.09. The lowest BCUT2D eigenvalue weighted by atomic mass is 10.0. The topological polar surface area (TPSA) is 102 Å². The summed E-state index contributed by atoms with van der Waals surface area (Å²) < 4.78 is 5.38. The Morgan fingerprint density at radius 1 is 1.14 bits per heavy atom. The maximum Gasteiger partial charge on any atom is 0.251 e. The number of nitrogens with one attached hydrogen (secondary N) is 1. The van der Waals surface area contributed by atoms with E-state index in [-0.39, 0.29) is 36.7 Å². The van der Waals surface area contributed by atoms with Crippen LogP contribution in [0, 0.1) is 5.92 Å². The van der Waals surface area contributed by atoms with E-state index in [1.54, 1.807) is 12.1 Å². The van der Waals surface area contributed by atoms with Gasteiger partial charge >= 0.3 is 0 Å². The third-order valence-electron chi connectivity index (χ3n) is 7.16. The zero-order chi connectivity index (χ0) is 25.1. The number of likely N-dealkylation sites (tertiary alicyclic amines) is 1. The van der Waals surface area contributed by atoms with Crippen molar-refractivity contribution >= 4 is 23.3 Å². The zero-order valence-electron chi connectivity index (χ0n) is 21.0. The molecule has 2 amide bonds. The first-order valence-corrected chi connectivity index (χ1v) is 12.8. The van der Waals surface area contributed by atoms with Crippen LogP contribution in [0.4, 0.5) is 5.69 Å². The van der Waals surface area contributed by atoms with Gasteiger partial charge in [-0.3, -0.25) is 19.3 Å². The highest BCUT2D eigenvalue weighted by Gasteiger charge is 2.52. The molecule has 4 atom stereocenters. The lowest BCUT2D eigenvalue weighted by Gasteiger charge is -2.36. The molecule has 4 rings (SSSR count). The fourth-order valence-corrected chi connectivity index (χ4v) is 5.36. The van der Waals surface area contributed by atoms with Gasteiger partial charge in [0.1, 0.15) is 30.9 Å². The monoisotopic (exact) mass is 486 g/mol. The third kappa shape index (κ3) is 5.68. The Morgan fingerprint density at radius 2 is 1.83 bits per heavy atom. The molecule has 0 spiro atoms. The number of anilines is 1. The van der Waals surface area contributed by atoms with E-state index in [9.17, 15) is 19.5 Å². The molecule has 0 radical (unpaired) electrons. The van der Waals surface area contributed by atoms with E-state index in [1.807, 2.05) is 26.0 Å². The second-order valence-electron chi connectivity index (χ2n) is 10.3. The number of aliphatic hydroxyl groups is 1. The smallest absolute Gasteiger partial charge is 0.251 e. The molecule has 3 heterocycles. The van der Waals surface area contributed by atoms with Crippen LogP contribution in [0.15, 0.2) is 24.3 Å². The minimum Gasteiger partial charge on any atom is -0.388 e. The van der Waals surface area contributed by atoms with Crippen molar-refractivity contribution in [3.05, 3.63) is 29.8 Å². The van der Waals surface area contributed by atoms with E-state index in [4.69, 9.17) is 4.74 Å². The predicted molar refractivity (Wildman–Crippen MR) is 132 cm³/mol. The summed E-state index contributed by atoms with van der Waals surface area (Å²) in [5, 5.41) is 13.2. The quantitative estimate of drug-likeness (QED) is 0.563. The molecule has 3 fully saturated rings. The fourth-order valence-electron chi connectivity index (χ4n) is 5.36. The number of ether oxygens (including phenoxy) is 1. The van der Waals surface area contributed by atoms with Gasteiger partial charge in [-0.05, 0) is 49.6 Å². The summed E-state index contributed by atoms with van der Waals surface area (Å²) in [6.45, 7) is 11.2. The van der Waals surface area contributed by atoms with Crippen molar-refractivity contribution in [1.29, 1.82) is 0 Å². The van der Waals surface area contributed by atoms with Crippen LogP contribution < -0.4 is 10.2 Å². The molecule has 9 nitrogen and oxygen atoms in total. The number of hydrogen-bond donors (Lipinski definition) is 2. The highest BCUT2D eigenvalue weighted by Crippen LogP contribution is 2.29. The fraction of sp³-hybridized carbons (Fsp3) is 0.654. The number of hydrogen-bond acceptors (Lipinski definition) is 7. The van der Waals surface area contributed by atoms with Gasteiger partial charge in [0.05, 0.1) is 6.54 Å². The summed E-state index contributed by atoms with van der Waals surface area (Å²) in [4.78, 5) is 44.9. The Labute approximate surface area is 207 Å². The molecular formula is C26H38N4O5. The van der Waals surface area contributed by atoms with Gasteiger partial charge in [0.2, 0.25) is 5.91 Å². The average molecular weight is 487 g/mol. The molecule has 1 aromatic rings. The number of fused-ring (bicyclic) bond motifs is 1. The predicted octanol–water partition coefficient (Wildman–Crippen LogP) is 0.903. The highest BCUT2D eigenvalue weighted by molar-refractivity contribution is 5.99. The summed E-state index contributed by atoms with van der Waals surface area (Å²) in [6, 6.07) is 5.95. The van der Waals surface area contributed by atoms with Crippen molar-refractivity contribution in [2.75, 3.05) is 50.8 Å². The number of piperazine rings is 1. The Bertz CT molecular complexity index is 913. The Balaban J connectivity index is 1.40. The van der Waals surface area contributed by atoms with Gasteiger partial charge < -0.3 is 25.0 Å². The lowest BCUT2D eigenvalue weighted by Crippen LogP contribution is -2.52. The molecule has 1 unspecified atom stereocenters. The van der Waals surface area contributed by atoms with E-state index in [2.05, 4.69) is 22.0 Å². The summed E-state index contributed by atoms with van der Waals surface area (Å²) in [5.41, 5.74) is 1.57. The van der Waals surface area contributed by atoms with Crippen molar-refractivity contribution in [3.63, 3.8) is 0 Å². The number of carbonyl (C=O) groups excluding carboxylic acids is 3. The molecule has 35 heavy (non-hydrogen) atoms. The molecule has 2 N–H and O–H groups in total. The zero-order valence-corrected chi connectivity index (χ0v) is 21.0. The van der Waals surface area contributed by atoms with E-state index < -0.39 is 24.3 Å². The number of rotatable bonds is 8. The van der Waals surface area contributed by atoms with Gasteiger partial charge in [-0.2, -0.15) is 0 Å². The van der Waals surface area contributed by atoms with Crippen LogP contribution in [-0.2, 0) is 14.3 Å². The molecule has 0 aromatic heterocycles. The molecular weight excluding hydrogens is 448 g/mol. The average Bonchev–Trinajstić information content (AvgIpc) is 3.39. The van der Waals surface area contributed by atoms with Crippen LogP contribution in [-0.4, -0.2) is 103 Å². The molecule has 3 aliphatic heterocycles. The summed E-state index contributed by atoms with van der Waals surface area (Å²) in [5.74, 6) is -0.731. The van der Waals surface area contributed by atoms with Gasteiger partial charge in [-0.15, -0.1) is 0 Å². The van der Waals surface area contributed by atoms with E-state index >= 15 is 0 Å². The third-order valence-corrected chi connectivity index (χ3v) is 7.16. The second-order valence-corrected chi connectivity index (χ2v) is 10.3. The van der Waals surface area contributed by atoms with Gasteiger partial charge in [0.15, 0.2) is 5.78 Å². The van der Waals surface area contributed by atoms with Crippen molar-refractivity contribution < 1.29 is 24.2 Å². The van der Waals surface area contributed by atoms with Crippen molar-refractivity contribution in [2.45, 2.75) is 57.9 Å². The van der Waals surface area contributed by atoms with E-state index in [0.717, 1.165) is 44.8 Å². The number of β-amino-alcohol motifs (C(OH)–C–C–N with tert-alkyl or cyclic N) is 1. The van der Waals surface area contributed by atoms with E-state index in [1.165, 1.54) is 4.90 Å². The van der Waals surface area contributed by atoms with Crippen LogP contribution in [0.5, 0.6) is 0 Å². The van der Waals surface area contributed by atoms with E-state index in [0.29, 0.717) is 12.0 Å². The minimum atomic E-state index is -0.901. The molecule has 3 saturated heterocycles. The van der Waals surface area contributed by atoms with Gasteiger partial charge in [-0.1, -0.05) is 20.8 Å². The summed E-state index contributed by atoms with van der Waals surface area (Å²) in [7, 11) is 0. The van der Waals surface area contributed by atoms with Crippen LogP contribution in [0.25, 0.3) is 0 Å². The molecule has 192 valence electrons. The number of carbonyl (C=O) groups is 3. The molecule has 0 aliphatic carbocycles. The maximum absolute atomic E-state index is 13.4. The molecule has 3 aliphatic rings. The molecule has 9 heteroatoms. The van der Waals surface area contributed by atoms with Gasteiger partial charge in [0.25, 0.3) is 5.91 Å². The Morgan fingerprint density at radius 3 is 2.46 bits per heavy atom. The lowest BCUT2D eigenvalue weighted by molar-refractivity contribution is -0.138. The summed E-state index contributed by atoms with van der Waals surface area (Å²) in [6.07, 6.45) is 0.0118. The second kappa shape index (κ2) is 11.1. The maximum atomic E-state index is 13.4. The highest BCUT2D eigenvalue weighted by atomic mass is 16.5. The Hall–Kier alpha value is -2.49. The SMILES string of the molecule is CCCN1CCN(c2ccc(C(=O)NC(CC(C)C)C(=O)N3C[C@@H](O)[C@H]4OCC(=O)[C@H]43)cc2)CC1. The number of Topliss-reactive ketones (excluding diaryl/α,β-unsaturated/α-hetero) is 1. The number of aliphatic hydroxyl groups excluding tert-OH is 1. The standard InChI is InChI=1S/C26H38N4O5/c1-4-9-28-10-12-29(13-11-28)19-7-5-18(6-8-19)25(33)27-20(14-17(2)3)26(34)30-15-21(31)24-23(30)22(32)16-35-24/h5-8,17,20-21,23-24,31H,4,9-16H2,1-3H3,(H,27,33)/t20?,21-,23-,24-/m1/s1. The molecule has 0 bridgehead atoms. The number of amides is 2. The van der Waals surface area contributed by atoms with Crippen molar-refractivity contribution in [1.82, 2.24) is 15.1 Å². The largest absolute Gasteiger partial charge is 0.388 e. The van der Waals surface area contributed by atoms with Crippen LogP contribution >= 0.6 is 0 Å². The molecule has 0 saturated carbocycles. The normalized spacial score (nSPS) is 25.7.